The highest BCUT2D eigenvalue weighted by molar-refractivity contribution is 5.76. The van der Waals surface area contributed by atoms with E-state index in [1.165, 1.54) is 7.11 Å². The van der Waals surface area contributed by atoms with Gasteiger partial charge >= 0.3 is 5.97 Å². The van der Waals surface area contributed by atoms with Crippen LogP contribution in [0.25, 0.3) is 0 Å². The Morgan fingerprint density at radius 1 is 1.55 bits per heavy atom. The second kappa shape index (κ2) is 3.07. The molecule has 1 rings (SSSR count). The van der Waals surface area contributed by atoms with Gasteiger partial charge in [0, 0.05) is 0 Å². The molecule has 0 aromatic carbocycles. The number of methoxy groups -OCH3 is 1. The standard InChI is InChI=1S/C9H14O2/c1-9(8(10)11-2)6-4-3-5-7-9/h3-4H,5-7H2,1-2H3. The molecule has 0 N–H and O–H groups in total. The van der Waals surface area contributed by atoms with Crippen LogP contribution in [0, 0.1) is 5.41 Å². The molecule has 1 atom stereocenters. The van der Waals surface area contributed by atoms with Gasteiger partial charge in [-0.1, -0.05) is 12.2 Å². The summed E-state index contributed by atoms with van der Waals surface area (Å²) in [5.41, 5.74) is -0.260. The number of carbonyl (C=O) groups is 1. The number of hydrogen-bond acceptors (Lipinski definition) is 2. The third kappa shape index (κ3) is 1.62. The highest BCUT2D eigenvalue weighted by atomic mass is 16.5. The summed E-state index contributed by atoms with van der Waals surface area (Å²) in [7, 11) is 1.45. The fraction of sp³-hybridized carbons (Fsp3) is 0.667. The van der Waals surface area contributed by atoms with Gasteiger partial charge in [-0.2, -0.15) is 0 Å². The zero-order valence-electron chi connectivity index (χ0n) is 7.09. The van der Waals surface area contributed by atoms with E-state index in [1.54, 1.807) is 0 Å². The van der Waals surface area contributed by atoms with Crippen LogP contribution in [0.5, 0.6) is 0 Å². The van der Waals surface area contributed by atoms with Crippen molar-refractivity contribution in [1.82, 2.24) is 0 Å². The third-order valence-corrected chi connectivity index (χ3v) is 2.28. The molecule has 0 aromatic rings. The van der Waals surface area contributed by atoms with Gasteiger partial charge < -0.3 is 4.74 Å². The van der Waals surface area contributed by atoms with E-state index >= 15 is 0 Å². The van der Waals surface area contributed by atoms with Crippen LogP contribution in [0.4, 0.5) is 0 Å². The quantitative estimate of drug-likeness (QED) is 0.426. The lowest BCUT2D eigenvalue weighted by Gasteiger charge is -2.27. The van der Waals surface area contributed by atoms with Crippen molar-refractivity contribution in [3.05, 3.63) is 12.2 Å². The maximum Gasteiger partial charge on any atom is 0.311 e. The number of ether oxygens (including phenoxy) is 1. The molecule has 2 nitrogen and oxygen atoms in total. The van der Waals surface area contributed by atoms with Crippen molar-refractivity contribution in [2.24, 2.45) is 5.41 Å². The van der Waals surface area contributed by atoms with Gasteiger partial charge in [-0.25, -0.2) is 0 Å². The van der Waals surface area contributed by atoms with Crippen LogP contribution >= 0.6 is 0 Å². The van der Waals surface area contributed by atoms with Gasteiger partial charge in [-0.15, -0.1) is 0 Å². The predicted octanol–water partition coefficient (Wildman–Crippen LogP) is 1.91. The van der Waals surface area contributed by atoms with Crippen LogP contribution in [0.15, 0.2) is 12.2 Å². The summed E-state index contributed by atoms with van der Waals surface area (Å²) >= 11 is 0. The van der Waals surface area contributed by atoms with Gasteiger partial charge in [0.1, 0.15) is 0 Å². The van der Waals surface area contributed by atoms with Crippen LogP contribution < -0.4 is 0 Å². The Hall–Kier alpha value is -0.790. The van der Waals surface area contributed by atoms with Crippen molar-refractivity contribution in [3.63, 3.8) is 0 Å². The highest BCUT2D eigenvalue weighted by Crippen LogP contribution is 2.32. The first-order chi connectivity index (χ1) is 5.19. The monoisotopic (exact) mass is 154 g/mol. The van der Waals surface area contributed by atoms with Gasteiger partial charge in [0.25, 0.3) is 0 Å². The molecule has 1 unspecified atom stereocenters. The van der Waals surface area contributed by atoms with Gasteiger partial charge in [0.05, 0.1) is 12.5 Å². The molecular weight excluding hydrogens is 140 g/mol. The fourth-order valence-corrected chi connectivity index (χ4v) is 1.40. The van der Waals surface area contributed by atoms with E-state index in [0.29, 0.717) is 0 Å². The summed E-state index contributed by atoms with van der Waals surface area (Å²) in [5.74, 6) is -0.0816. The van der Waals surface area contributed by atoms with E-state index in [1.807, 2.05) is 6.92 Å². The zero-order chi connectivity index (χ0) is 8.32. The molecule has 62 valence electrons. The molecule has 0 bridgehead atoms. The molecule has 1 aliphatic rings. The molecule has 0 saturated carbocycles. The summed E-state index contributed by atoms with van der Waals surface area (Å²) in [6, 6.07) is 0. The maximum absolute atomic E-state index is 11.2. The predicted molar refractivity (Wildman–Crippen MR) is 43.1 cm³/mol. The second-order valence-corrected chi connectivity index (χ2v) is 3.27. The minimum Gasteiger partial charge on any atom is -0.469 e. The molecule has 1 aliphatic carbocycles. The number of rotatable bonds is 1. The fourth-order valence-electron chi connectivity index (χ4n) is 1.40. The number of esters is 1. The summed E-state index contributed by atoms with van der Waals surface area (Å²) in [6.45, 7) is 1.96. The highest BCUT2D eigenvalue weighted by Gasteiger charge is 2.33. The van der Waals surface area contributed by atoms with Crippen molar-refractivity contribution in [3.8, 4) is 0 Å². The largest absolute Gasteiger partial charge is 0.469 e. The Morgan fingerprint density at radius 2 is 2.27 bits per heavy atom. The van der Waals surface area contributed by atoms with Crippen LogP contribution in [0.3, 0.4) is 0 Å². The van der Waals surface area contributed by atoms with Crippen molar-refractivity contribution in [2.45, 2.75) is 26.2 Å². The van der Waals surface area contributed by atoms with E-state index in [0.717, 1.165) is 19.3 Å². The van der Waals surface area contributed by atoms with E-state index in [9.17, 15) is 4.79 Å². The first-order valence-electron chi connectivity index (χ1n) is 3.92. The first-order valence-corrected chi connectivity index (χ1v) is 3.92. The average Bonchev–Trinajstić information content (AvgIpc) is 2.04. The molecular formula is C9H14O2. The van der Waals surface area contributed by atoms with Gasteiger partial charge in [0.2, 0.25) is 0 Å². The lowest BCUT2D eigenvalue weighted by molar-refractivity contribution is -0.152. The summed E-state index contributed by atoms with van der Waals surface area (Å²) < 4.78 is 4.72. The molecule has 0 aromatic heterocycles. The second-order valence-electron chi connectivity index (χ2n) is 3.27. The van der Waals surface area contributed by atoms with E-state index in [2.05, 4.69) is 12.2 Å². The number of carbonyl (C=O) groups excluding carboxylic acids is 1. The van der Waals surface area contributed by atoms with Crippen molar-refractivity contribution in [2.75, 3.05) is 7.11 Å². The number of allylic oxidation sites excluding steroid dienone is 2. The van der Waals surface area contributed by atoms with Gasteiger partial charge in [0.15, 0.2) is 0 Å². The Bertz CT molecular complexity index is 184. The Labute approximate surface area is 67.2 Å². The van der Waals surface area contributed by atoms with Gasteiger partial charge in [-0.05, 0) is 26.2 Å². The Kier molecular flexibility index (Phi) is 2.32. The normalized spacial score (nSPS) is 30.0. The zero-order valence-corrected chi connectivity index (χ0v) is 7.09. The summed E-state index contributed by atoms with van der Waals surface area (Å²) in [6.07, 6.45) is 6.90. The summed E-state index contributed by atoms with van der Waals surface area (Å²) in [4.78, 5) is 11.2. The SMILES string of the molecule is COC(=O)C1(C)CC=CCC1. The van der Waals surface area contributed by atoms with Crippen molar-refractivity contribution < 1.29 is 9.53 Å². The Morgan fingerprint density at radius 3 is 2.73 bits per heavy atom. The van der Waals surface area contributed by atoms with E-state index < -0.39 is 0 Å². The molecule has 0 heterocycles. The third-order valence-electron chi connectivity index (χ3n) is 2.28. The lowest BCUT2D eigenvalue weighted by Crippen LogP contribution is -2.29. The minimum atomic E-state index is -0.260. The van der Waals surface area contributed by atoms with E-state index in [-0.39, 0.29) is 11.4 Å². The maximum atomic E-state index is 11.2. The molecule has 0 fully saturated rings. The van der Waals surface area contributed by atoms with Gasteiger partial charge in [-0.3, -0.25) is 4.79 Å². The van der Waals surface area contributed by atoms with E-state index in [4.69, 9.17) is 4.74 Å². The van der Waals surface area contributed by atoms with Crippen LogP contribution in [-0.2, 0) is 9.53 Å². The number of hydrogen-bond donors (Lipinski definition) is 0. The summed E-state index contributed by atoms with van der Waals surface area (Å²) in [5, 5.41) is 0. The molecule has 2 heteroatoms. The molecule has 11 heavy (non-hydrogen) atoms. The molecule has 0 saturated heterocycles. The topological polar surface area (TPSA) is 26.3 Å². The van der Waals surface area contributed by atoms with Crippen LogP contribution in [0.1, 0.15) is 26.2 Å². The van der Waals surface area contributed by atoms with Crippen molar-refractivity contribution >= 4 is 5.97 Å². The minimum absolute atomic E-state index is 0.0816. The molecule has 0 spiro atoms. The molecule has 0 amide bonds. The lowest BCUT2D eigenvalue weighted by atomic mass is 9.79. The Balaban J connectivity index is 2.66. The average molecular weight is 154 g/mol. The first kappa shape index (κ1) is 8.31. The smallest absolute Gasteiger partial charge is 0.311 e. The van der Waals surface area contributed by atoms with Crippen LogP contribution in [-0.4, -0.2) is 13.1 Å². The van der Waals surface area contributed by atoms with Crippen molar-refractivity contribution in [1.29, 1.82) is 0 Å². The molecule has 0 aliphatic heterocycles. The molecule has 0 radical (unpaired) electrons. The van der Waals surface area contributed by atoms with Crippen LogP contribution in [0.2, 0.25) is 0 Å².